The molecule has 34 heavy (non-hydrogen) atoms. The Morgan fingerprint density at radius 2 is 1.18 bits per heavy atom. The molecule has 2 bridgehead atoms. The number of esters is 2. The van der Waals surface area contributed by atoms with Crippen LogP contribution < -0.4 is 10.6 Å². The molecule has 0 radical (unpaired) electrons. The summed E-state index contributed by atoms with van der Waals surface area (Å²) in [6.07, 6.45) is 3.11. The fourth-order valence-electron chi connectivity index (χ4n) is 4.58. The van der Waals surface area contributed by atoms with Gasteiger partial charge in [0.2, 0.25) is 0 Å². The molecule has 0 spiro atoms. The number of carbonyl (C=O) groups is 4. The molecule has 2 N–H and O–H groups in total. The summed E-state index contributed by atoms with van der Waals surface area (Å²) >= 11 is 0. The van der Waals surface area contributed by atoms with E-state index in [0.29, 0.717) is 47.9 Å². The third-order valence-corrected chi connectivity index (χ3v) is 6.24. The lowest BCUT2D eigenvalue weighted by molar-refractivity contribution is -0.140. The van der Waals surface area contributed by atoms with E-state index in [1.54, 1.807) is 13.8 Å². The average molecular weight is 481 g/mol. The number of nitrogens with one attached hydrogen (secondary N) is 2. The minimum Gasteiger partial charge on any atom is -0.459 e. The summed E-state index contributed by atoms with van der Waals surface area (Å²) < 4.78 is 19.8. The first kappa shape index (κ1) is 27.2. The standard InChI is InChI=1S/C24H36N2O8/c1-15(2)21(27)31-7-9-33-23(29)25-6-5-17-11-19-12-18(17)13-20(19)14-26-24(30)34-10-8-32-22(28)16(3)4/h17-20H,1,3,5-14H2,2,4H3,(H,25,29)(H,26,30). The Hall–Kier alpha value is -3.04. The summed E-state index contributed by atoms with van der Waals surface area (Å²) in [7, 11) is 0. The highest BCUT2D eigenvalue weighted by molar-refractivity contribution is 5.87. The van der Waals surface area contributed by atoms with E-state index in [1.165, 1.54) is 0 Å². The van der Waals surface area contributed by atoms with Gasteiger partial charge in [-0.25, -0.2) is 19.2 Å². The van der Waals surface area contributed by atoms with Gasteiger partial charge < -0.3 is 29.6 Å². The number of amides is 2. The second kappa shape index (κ2) is 13.6. The van der Waals surface area contributed by atoms with Gasteiger partial charge in [-0.2, -0.15) is 0 Å². The highest BCUT2D eigenvalue weighted by Gasteiger charge is 2.45. The second-order valence-electron chi connectivity index (χ2n) is 8.95. The van der Waals surface area contributed by atoms with Gasteiger partial charge in [-0.15, -0.1) is 0 Å². The SMILES string of the molecule is C=C(C)C(=O)OCCOC(=O)NCCC1CC2CC1CC2CNC(=O)OCCOC(=O)C(=C)C. The number of carbonyl (C=O) groups excluding carboxylic acids is 4. The molecule has 190 valence electrons. The normalized spacial score (nSPS) is 22.4. The van der Waals surface area contributed by atoms with Gasteiger partial charge in [-0.05, 0) is 63.2 Å². The molecule has 0 heterocycles. The molecule has 2 fully saturated rings. The average Bonchev–Trinajstić information content (AvgIpc) is 3.38. The second-order valence-corrected chi connectivity index (χ2v) is 8.95. The molecule has 0 aromatic heterocycles. The summed E-state index contributed by atoms with van der Waals surface area (Å²) in [4.78, 5) is 46.1. The maximum Gasteiger partial charge on any atom is 0.407 e. The van der Waals surface area contributed by atoms with E-state index in [-0.39, 0.29) is 26.4 Å². The lowest BCUT2D eigenvalue weighted by Crippen LogP contribution is -2.34. The topological polar surface area (TPSA) is 129 Å². The molecule has 10 heteroatoms. The van der Waals surface area contributed by atoms with E-state index in [2.05, 4.69) is 23.8 Å². The molecular formula is C24H36N2O8. The molecule has 0 aromatic carbocycles. The lowest BCUT2D eigenvalue weighted by atomic mass is 9.80. The Balaban J connectivity index is 1.51. The summed E-state index contributed by atoms with van der Waals surface area (Å²) in [5.41, 5.74) is 0.598. The molecule has 0 saturated heterocycles. The van der Waals surface area contributed by atoms with Gasteiger partial charge in [-0.3, -0.25) is 0 Å². The molecule has 10 nitrogen and oxygen atoms in total. The highest BCUT2D eigenvalue weighted by atomic mass is 16.6. The molecule has 0 aliphatic heterocycles. The summed E-state index contributed by atoms with van der Waals surface area (Å²) in [5.74, 6) is 1.11. The van der Waals surface area contributed by atoms with Crippen LogP contribution in [0.15, 0.2) is 24.3 Å². The molecule has 4 unspecified atom stereocenters. The van der Waals surface area contributed by atoms with Crippen LogP contribution in [0.25, 0.3) is 0 Å². The van der Waals surface area contributed by atoms with Crippen molar-refractivity contribution in [2.24, 2.45) is 23.7 Å². The first-order chi connectivity index (χ1) is 16.2. The van der Waals surface area contributed by atoms with Crippen molar-refractivity contribution in [2.75, 3.05) is 39.5 Å². The minimum absolute atomic E-state index is 0.00103. The summed E-state index contributed by atoms with van der Waals surface area (Å²) in [6.45, 7) is 11.1. The fraction of sp³-hybridized carbons (Fsp3) is 0.667. The van der Waals surface area contributed by atoms with Gasteiger partial charge in [0.25, 0.3) is 0 Å². The van der Waals surface area contributed by atoms with Crippen LogP contribution in [0.3, 0.4) is 0 Å². The van der Waals surface area contributed by atoms with Crippen molar-refractivity contribution in [2.45, 2.75) is 39.5 Å². The van der Waals surface area contributed by atoms with Crippen LogP contribution >= 0.6 is 0 Å². The predicted octanol–water partition coefficient (Wildman–Crippen LogP) is 2.73. The number of alkyl carbamates (subject to hydrolysis) is 2. The van der Waals surface area contributed by atoms with Crippen molar-refractivity contribution >= 4 is 24.1 Å². The predicted molar refractivity (Wildman–Crippen MR) is 123 cm³/mol. The molecular weight excluding hydrogens is 444 g/mol. The van der Waals surface area contributed by atoms with E-state index in [9.17, 15) is 19.2 Å². The van der Waals surface area contributed by atoms with Crippen LogP contribution in [-0.4, -0.2) is 63.6 Å². The van der Waals surface area contributed by atoms with Gasteiger partial charge in [-0.1, -0.05) is 13.2 Å². The van der Waals surface area contributed by atoms with Gasteiger partial charge >= 0.3 is 24.1 Å². The number of rotatable bonds is 13. The van der Waals surface area contributed by atoms with E-state index in [0.717, 1.165) is 25.7 Å². The van der Waals surface area contributed by atoms with Crippen molar-refractivity contribution in [3.05, 3.63) is 24.3 Å². The molecule has 4 atom stereocenters. The maximum atomic E-state index is 11.8. The van der Waals surface area contributed by atoms with Crippen molar-refractivity contribution in [1.29, 1.82) is 0 Å². The molecule has 2 aliphatic rings. The van der Waals surface area contributed by atoms with Crippen LogP contribution in [0, 0.1) is 23.7 Å². The number of ether oxygens (including phenoxy) is 4. The van der Waals surface area contributed by atoms with Crippen molar-refractivity contribution in [1.82, 2.24) is 10.6 Å². The zero-order valence-electron chi connectivity index (χ0n) is 20.1. The first-order valence-electron chi connectivity index (χ1n) is 11.6. The number of hydrogen-bond donors (Lipinski definition) is 2. The fourth-order valence-corrected chi connectivity index (χ4v) is 4.58. The monoisotopic (exact) mass is 480 g/mol. The van der Waals surface area contributed by atoms with Gasteiger partial charge in [0, 0.05) is 24.2 Å². The Bertz CT molecular complexity index is 781. The molecule has 2 aliphatic carbocycles. The zero-order chi connectivity index (χ0) is 25.1. The van der Waals surface area contributed by atoms with Gasteiger partial charge in [0.15, 0.2) is 0 Å². The van der Waals surface area contributed by atoms with E-state index in [1.807, 2.05) is 0 Å². The first-order valence-corrected chi connectivity index (χ1v) is 11.6. The highest BCUT2D eigenvalue weighted by Crippen LogP contribution is 2.52. The van der Waals surface area contributed by atoms with Crippen molar-refractivity contribution in [3.8, 4) is 0 Å². The summed E-state index contributed by atoms with van der Waals surface area (Å²) in [6, 6.07) is 0. The number of fused-ring (bicyclic) bond motifs is 2. The minimum atomic E-state index is -0.524. The smallest absolute Gasteiger partial charge is 0.407 e. The van der Waals surface area contributed by atoms with E-state index >= 15 is 0 Å². The quantitative estimate of drug-likeness (QED) is 0.178. The van der Waals surface area contributed by atoms with Crippen LogP contribution in [-0.2, 0) is 28.5 Å². The molecule has 2 rings (SSSR count). The van der Waals surface area contributed by atoms with Crippen molar-refractivity contribution < 1.29 is 38.1 Å². The van der Waals surface area contributed by atoms with Crippen molar-refractivity contribution in [3.63, 3.8) is 0 Å². The van der Waals surface area contributed by atoms with Crippen LogP contribution in [0.4, 0.5) is 9.59 Å². The third kappa shape index (κ3) is 9.07. The van der Waals surface area contributed by atoms with Crippen LogP contribution in [0.1, 0.15) is 39.5 Å². The molecule has 0 aromatic rings. The Kier molecular flexibility index (Phi) is 10.9. The Labute approximate surface area is 200 Å². The Morgan fingerprint density at radius 1 is 0.706 bits per heavy atom. The third-order valence-electron chi connectivity index (χ3n) is 6.24. The van der Waals surface area contributed by atoms with E-state index < -0.39 is 24.1 Å². The van der Waals surface area contributed by atoms with Gasteiger partial charge in [0.05, 0.1) is 0 Å². The molecule has 2 saturated carbocycles. The number of hydrogen-bond acceptors (Lipinski definition) is 8. The van der Waals surface area contributed by atoms with Crippen LogP contribution in [0.2, 0.25) is 0 Å². The van der Waals surface area contributed by atoms with Crippen LogP contribution in [0.5, 0.6) is 0 Å². The van der Waals surface area contributed by atoms with E-state index in [4.69, 9.17) is 18.9 Å². The maximum absolute atomic E-state index is 11.8. The summed E-state index contributed by atoms with van der Waals surface area (Å²) in [5, 5.41) is 5.54. The lowest BCUT2D eigenvalue weighted by Gasteiger charge is -2.28. The molecule has 2 amide bonds. The largest absolute Gasteiger partial charge is 0.459 e. The van der Waals surface area contributed by atoms with Gasteiger partial charge in [0.1, 0.15) is 26.4 Å². The Morgan fingerprint density at radius 3 is 1.68 bits per heavy atom. The zero-order valence-corrected chi connectivity index (χ0v) is 20.1.